The molecule has 136 valence electrons. The summed E-state index contributed by atoms with van der Waals surface area (Å²) in [5.41, 5.74) is 0.368. The maximum atomic E-state index is 13.6. The molecule has 0 saturated heterocycles. The Bertz CT molecular complexity index is 1030. The van der Waals surface area contributed by atoms with Gasteiger partial charge in [0.05, 0.1) is 10.7 Å². The Hall–Kier alpha value is -3.32. The van der Waals surface area contributed by atoms with E-state index in [1.54, 1.807) is 6.07 Å². The molecular weight excluding hydrogens is 376 g/mol. The Balaban J connectivity index is 1.76. The second-order valence-electron chi connectivity index (χ2n) is 5.45. The van der Waals surface area contributed by atoms with E-state index < -0.39 is 23.4 Å². The average Bonchev–Trinajstić information content (AvgIpc) is 2.66. The van der Waals surface area contributed by atoms with Crippen LogP contribution in [0.25, 0.3) is 0 Å². The minimum atomic E-state index is -0.667. The number of anilines is 2. The molecule has 0 atom stereocenters. The molecule has 0 bridgehead atoms. The lowest BCUT2D eigenvalue weighted by atomic mass is 10.2. The number of para-hydroxylation sites is 1. The van der Waals surface area contributed by atoms with Gasteiger partial charge in [0.1, 0.15) is 17.3 Å². The van der Waals surface area contributed by atoms with E-state index in [-0.39, 0.29) is 22.0 Å². The highest BCUT2D eigenvalue weighted by Crippen LogP contribution is 2.20. The summed E-state index contributed by atoms with van der Waals surface area (Å²) in [5, 5.41) is 4.80. The predicted octanol–water partition coefficient (Wildman–Crippen LogP) is 4.52. The number of benzene rings is 2. The number of nitrogens with one attached hydrogen (secondary N) is 2. The van der Waals surface area contributed by atoms with Crippen LogP contribution in [-0.4, -0.2) is 16.8 Å². The zero-order valence-electron chi connectivity index (χ0n) is 13.7. The van der Waals surface area contributed by atoms with Crippen molar-refractivity contribution in [3.63, 3.8) is 0 Å². The van der Waals surface area contributed by atoms with Gasteiger partial charge in [-0.1, -0.05) is 23.7 Å². The lowest BCUT2D eigenvalue weighted by molar-refractivity contribution is 0.102. The van der Waals surface area contributed by atoms with E-state index in [2.05, 4.69) is 15.6 Å². The lowest BCUT2D eigenvalue weighted by Crippen LogP contribution is -2.17. The summed E-state index contributed by atoms with van der Waals surface area (Å²) in [7, 11) is 0. The van der Waals surface area contributed by atoms with Gasteiger partial charge in [-0.15, -0.1) is 0 Å². The molecule has 3 aromatic rings. The summed E-state index contributed by atoms with van der Waals surface area (Å²) in [6, 6.07) is 12.1. The fourth-order valence-electron chi connectivity index (χ4n) is 2.22. The molecule has 3 rings (SSSR count). The van der Waals surface area contributed by atoms with Crippen LogP contribution in [0.5, 0.6) is 0 Å². The number of rotatable bonds is 4. The number of hydrogen-bond acceptors (Lipinski definition) is 3. The van der Waals surface area contributed by atoms with Crippen LogP contribution >= 0.6 is 11.6 Å². The van der Waals surface area contributed by atoms with Gasteiger partial charge in [0.15, 0.2) is 0 Å². The first-order valence-corrected chi connectivity index (χ1v) is 8.10. The molecule has 0 aliphatic heterocycles. The summed E-state index contributed by atoms with van der Waals surface area (Å²) in [6.07, 6.45) is 1.28. The van der Waals surface area contributed by atoms with E-state index in [1.165, 1.54) is 48.7 Å². The number of aromatic nitrogens is 1. The molecule has 2 amide bonds. The van der Waals surface area contributed by atoms with Crippen molar-refractivity contribution >= 4 is 34.8 Å². The molecule has 0 aliphatic rings. The fourth-order valence-corrected chi connectivity index (χ4v) is 2.40. The minimum Gasteiger partial charge on any atom is -0.322 e. The van der Waals surface area contributed by atoms with Gasteiger partial charge in [-0.05, 0) is 42.5 Å². The first-order valence-electron chi connectivity index (χ1n) is 7.72. The van der Waals surface area contributed by atoms with Gasteiger partial charge < -0.3 is 10.6 Å². The van der Waals surface area contributed by atoms with E-state index in [0.29, 0.717) is 5.69 Å². The van der Waals surface area contributed by atoms with Crippen molar-refractivity contribution in [2.75, 3.05) is 10.6 Å². The Morgan fingerprint density at radius 1 is 0.889 bits per heavy atom. The summed E-state index contributed by atoms with van der Waals surface area (Å²) in [6.45, 7) is 0. The van der Waals surface area contributed by atoms with Crippen LogP contribution in [0.15, 0.2) is 60.8 Å². The molecule has 0 spiro atoms. The van der Waals surface area contributed by atoms with Crippen LogP contribution in [0.3, 0.4) is 0 Å². The highest BCUT2D eigenvalue weighted by atomic mass is 35.5. The second-order valence-corrected chi connectivity index (χ2v) is 5.85. The first-order chi connectivity index (χ1) is 12.9. The van der Waals surface area contributed by atoms with E-state index >= 15 is 0 Å². The lowest BCUT2D eigenvalue weighted by Gasteiger charge is -2.08. The van der Waals surface area contributed by atoms with E-state index in [0.717, 1.165) is 6.07 Å². The maximum Gasteiger partial charge on any atom is 0.274 e. The summed E-state index contributed by atoms with van der Waals surface area (Å²) >= 11 is 5.68. The van der Waals surface area contributed by atoms with Gasteiger partial charge in [-0.2, -0.15) is 0 Å². The van der Waals surface area contributed by atoms with Gasteiger partial charge in [0.2, 0.25) is 0 Å². The first kappa shape index (κ1) is 18.5. The Morgan fingerprint density at radius 3 is 2.41 bits per heavy atom. The van der Waals surface area contributed by atoms with Crippen LogP contribution < -0.4 is 10.6 Å². The Kier molecular flexibility index (Phi) is 5.42. The monoisotopic (exact) mass is 387 g/mol. The van der Waals surface area contributed by atoms with E-state index in [1.807, 2.05) is 0 Å². The van der Waals surface area contributed by atoms with Crippen molar-refractivity contribution in [1.29, 1.82) is 0 Å². The number of carbonyl (C=O) groups is 2. The Morgan fingerprint density at radius 2 is 1.67 bits per heavy atom. The molecular formula is C19H12ClF2N3O2. The third kappa shape index (κ3) is 4.45. The van der Waals surface area contributed by atoms with Gasteiger partial charge in [-0.3, -0.25) is 14.6 Å². The maximum absolute atomic E-state index is 13.6. The van der Waals surface area contributed by atoms with Crippen LogP contribution in [0.4, 0.5) is 20.2 Å². The number of nitrogens with zero attached hydrogens (tertiary/aromatic N) is 1. The van der Waals surface area contributed by atoms with Crippen molar-refractivity contribution in [2.45, 2.75) is 0 Å². The number of pyridine rings is 1. The van der Waals surface area contributed by atoms with Crippen LogP contribution in [0.2, 0.25) is 5.02 Å². The van der Waals surface area contributed by atoms with Crippen molar-refractivity contribution in [1.82, 2.24) is 4.98 Å². The van der Waals surface area contributed by atoms with Crippen molar-refractivity contribution in [2.24, 2.45) is 0 Å². The zero-order valence-corrected chi connectivity index (χ0v) is 14.4. The predicted molar refractivity (Wildman–Crippen MR) is 98.0 cm³/mol. The SMILES string of the molecule is O=C(Nc1ccc(F)c(Cl)c1)c1ccnc(C(=O)Nc2ccccc2F)c1. The third-order valence-electron chi connectivity index (χ3n) is 3.55. The van der Waals surface area contributed by atoms with Crippen molar-refractivity contribution in [3.05, 3.63) is 88.7 Å². The molecule has 1 aromatic heterocycles. The topological polar surface area (TPSA) is 71.1 Å². The van der Waals surface area contributed by atoms with Crippen molar-refractivity contribution < 1.29 is 18.4 Å². The highest BCUT2D eigenvalue weighted by molar-refractivity contribution is 6.31. The average molecular weight is 388 g/mol. The van der Waals surface area contributed by atoms with Crippen LogP contribution in [0, 0.1) is 11.6 Å². The summed E-state index contributed by atoms with van der Waals surface area (Å²) in [5.74, 6) is -2.40. The van der Waals surface area contributed by atoms with E-state index in [4.69, 9.17) is 11.6 Å². The molecule has 5 nitrogen and oxygen atoms in total. The molecule has 0 aliphatic carbocycles. The molecule has 0 saturated carbocycles. The molecule has 2 N–H and O–H groups in total. The number of halogens is 3. The summed E-state index contributed by atoms with van der Waals surface area (Å²) < 4.78 is 26.8. The van der Waals surface area contributed by atoms with Crippen LogP contribution in [0.1, 0.15) is 20.8 Å². The van der Waals surface area contributed by atoms with Gasteiger partial charge in [0.25, 0.3) is 11.8 Å². The molecule has 0 unspecified atom stereocenters. The van der Waals surface area contributed by atoms with Gasteiger partial charge in [0, 0.05) is 17.4 Å². The summed E-state index contributed by atoms with van der Waals surface area (Å²) in [4.78, 5) is 28.5. The van der Waals surface area contributed by atoms with Crippen molar-refractivity contribution in [3.8, 4) is 0 Å². The van der Waals surface area contributed by atoms with E-state index in [9.17, 15) is 18.4 Å². The minimum absolute atomic E-state index is 0.000101. The standard InChI is InChI=1S/C19H12ClF2N3O2/c20-13-10-12(5-6-14(13)21)24-18(26)11-7-8-23-17(9-11)19(27)25-16-4-2-1-3-15(16)22/h1-10H,(H,24,26)(H,25,27). The molecule has 0 fully saturated rings. The second kappa shape index (κ2) is 7.92. The molecule has 8 heteroatoms. The normalized spacial score (nSPS) is 10.3. The third-order valence-corrected chi connectivity index (χ3v) is 3.84. The molecule has 27 heavy (non-hydrogen) atoms. The van der Waals surface area contributed by atoms with Gasteiger partial charge in [-0.25, -0.2) is 8.78 Å². The number of amides is 2. The van der Waals surface area contributed by atoms with Gasteiger partial charge >= 0.3 is 0 Å². The molecule has 0 radical (unpaired) electrons. The highest BCUT2D eigenvalue weighted by Gasteiger charge is 2.14. The molecule has 2 aromatic carbocycles. The largest absolute Gasteiger partial charge is 0.322 e. The van der Waals surface area contributed by atoms with Crippen LogP contribution in [-0.2, 0) is 0 Å². The smallest absolute Gasteiger partial charge is 0.274 e. The zero-order chi connectivity index (χ0) is 19.4. The number of hydrogen-bond donors (Lipinski definition) is 2. The number of carbonyl (C=O) groups excluding carboxylic acids is 2. The quantitative estimate of drug-likeness (QED) is 0.691. The molecule has 1 heterocycles. The fraction of sp³-hybridized carbons (Fsp3) is 0. The Labute approximate surface area is 158 Å².